The number of carbonyl (C=O) groups is 3. The van der Waals surface area contributed by atoms with Gasteiger partial charge in [-0.3, -0.25) is 14.4 Å². The maximum atomic E-state index is 13.6. The summed E-state index contributed by atoms with van der Waals surface area (Å²) in [7, 11) is 0. The lowest BCUT2D eigenvalue weighted by atomic mass is 10.1. The number of carbonyl (C=O) groups excluding carboxylic acids is 3. The molecule has 0 spiro atoms. The maximum absolute atomic E-state index is 13.6. The van der Waals surface area contributed by atoms with Crippen LogP contribution in [0.3, 0.4) is 0 Å². The summed E-state index contributed by atoms with van der Waals surface area (Å²) < 4.78 is 6.06. The van der Waals surface area contributed by atoms with E-state index in [1.165, 1.54) is 0 Å². The van der Waals surface area contributed by atoms with Crippen LogP contribution in [0.2, 0.25) is 0 Å². The number of anilines is 1. The minimum Gasteiger partial charge on any atom is -0.476 e. The molecule has 3 heterocycles. The van der Waals surface area contributed by atoms with Crippen molar-refractivity contribution in [2.45, 2.75) is 44.8 Å². The minimum absolute atomic E-state index is 0.0525. The zero-order valence-corrected chi connectivity index (χ0v) is 18.7. The fourth-order valence-electron chi connectivity index (χ4n) is 4.92. The smallest absolute Gasteiger partial charge is 0.265 e. The normalized spacial score (nSPS) is 20.4. The number of nitrogens with zero attached hydrogens (tertiary/aromatic N) is 3. The quantitative estimate of drug-likeness (QED) is 0.722. The molecule has 3 aliphatic heterocycles. The van der Waals surface area contributed by atoms with Crippen LogP contribution in [0, 0.1) is 0 Å². The van der Waals surface area contributed by atoms with Crippen molar-refractivity contribution in [3.8, 4) is 5.75 Å². The molecule has 0 saturated carbocycles. The molecule has 0 bridgehead atoms. The van der Waals surface area contributed by atoms with Gasteiger partial charge in [0, 0.05) is 38.2 Å². The molecule has 7 nitrogen and oxygen atoms in total. The Morgan fingerprint density at radius 2 is 1.76 bits per heavy atom. The van der Waals surface area contributed by atoms with Crippen LogP contribution in [0.15, 0.2) is 48.5 Å². The van der Waals surface area contributed by atoms with Crippen LogP contribution in [-0.4, -0.2) is 59.8 Å². The van der Waals surface area contributed by atoms with Crippen LogP contribution in [0.4, 0.5) is 5.69 Å². The van der Waals surface area contributed by atoms with E-state index in [0.29, 0.717) is 30.0 Å². The standard InChI is InChI=1S/C26H29N3O4/c30-24-12-7-15-28(24)17-19-8-6-9-20(16-19)25(31)29-18-23(26(32)27-13-4-1-5-14-27)33-22-11-3-2-10-21(22)29/h2-3,6,8-11,16,23H,1,4-5,7,12-15,17-18H2/t23-/m0/s1. The molecular weight excluding hydrogens is 418 g/mol. The van der Waals surface area contributed by atoms with Crippen molar-refractivity contribution in [3.05, 3.63) is 59.7 Å². The molecule has 5 rings (SSSR count). The monoisotopic (exact) mass is 447 g/mol. The lowest BCUT2D eigenvalue weighted by molar-refractivity contribution is -0.139. The third-order valence-electron chi connectivity index (χ3n) is 6.68. The van der Waals surface area contributed by atoms with E-state index in [1.54, 1.807) is 17.0 Å². The average molecular weight is 448 g/mol. The fraction of sp³-hybridized carbons (Fsp3) is 0.423. The van der Waals surface area contributed by atoms with Gasteiger partial charge < -0.3 is 19.4 Å². The first-order valence-corrected chi connectivity index (χ1v) is 11.8. The lowest BCUT2D eigenvalue weighted by Gasteiger charge is -2.37. The van der Waals surface area contributed by atoms with Crippen LogP contribution < -0.4 is 9.64 Å². The zero-order chi connectivity index (χ0) is 22.8. The van der Waals surface area contributed by atoms with E-state index in [-0.39, 0.29) is 24.3 Å². The van der Waals surface area contributed by atoms with Gasteiger partial charge in [-0.2, -0.15) is 0 Å². The van der Waals surface area contributed by atoms with E-state index < -0.39 is 6.10 Å². The summed E-state index contributed by atoms with van der Waals surface area (Å²) in [6, 6.07) is 14.8. The van der Waals surface area contributed by atoms with Crippen molar-refractivity contribution in [1.82, 2.24) is 9.80 Å². The summed E-state index contributed by atoms with van der Waals surface area (Å²) in [5, 5.41) is 0. The highest BCUT2D eigenvalue weighted by Crippen LogP contribution is 2.35. The minimum atomic E-state index is -0.715. The van der Waals surface area contributed by atoms with E-state index in [4.69, 9.17) is 4.74 Å². The molecule has 0 aromatic heterocycles. The first kappa shape index (κ1) is 21.5. The molecule has 33 heavy (non-hydrogen) atoms. The highest BCUT2D eigenvalue weighted by atomic mass is 16.5. The first-order chi connectivity index (χ1) is 16.1. The molecule has 0 aliphatic carbocycles. The average Bonchev–Trinajstić information content (AvgIpc) is 3.27. The molecule has 2 aromatic rings. The number of amides is 3. The van der Waals surface area contributed by atoms with E-state index >= 15 is 0 Å². The molecule has 0 N–H and O–H groups in total. The van der Waals surface area contributed by atoms with Gasteiger partial charge in [0.1, 0.15) is 5.75 Å². The van der Waals surface area contributed by atoms with Crippen molar-refractivity contribution in [3.63, 3.8) is 0 Å². The van der Waals surface area contributed by atoms with Gasteiger partial charge in [0.25, 0.3) is 11.8 Å². The van der Waals surface area contributed by atoms with Crippen molar-refractivity contribution >= 4 is 23.4 Å². The Labute approximate surface area is 193 Å². The second-order valence-electron chi connectivity index (χ2n) is 9.00. The Bertz CT molecular complexity index is 1060. The van der Waals surface area contributed by atoms with Gasteiger partial charge in [-0.15, -0.1) is 0 Å². The molecule has 3 amide bonds. The largest absolute Gasteiger partial charge is 0.476 e. The second kappa shape index (κ2) is 9.25. The van der Waals surface area contributed by atoms with Gasteiger partial charge in [0.2, 0.25) is 5.91 Å². The number of rotatable bonds is 4. The number of benzene rings is 2. The van der Waals surface area contributed by atoms with Crippen LogP contribution >= 0.6 is 0 Å². The predicted molar refractivity (Wildman–Crippen MR) is 124 cm³/mol. The van der Waals surface area contributed by atoms with Crippen LogP contribution in [0.1, 0.15) is 48.0 Å². The summed E-state index contributed by atoms with van der Waals surface area (Å²) in [4.78, 5) is 44.2. The topological polar surface area (TPSA) is 70.2 Å². The van der Waals surface area contributed by atoms with Crippen molar-refractivity contribution in [2.75, 3.05) is 31.1 Å². The number of hydrogen-bond acceptors (Lipinski definition) is 4. The van der Waals surface area contributed by atoms with Crippen LogP contribution in [0.25, 0.3) is 0 Å². The van der Waals surface area contributed by atoms with E-state index in [1.807, 2.05) is 46.2 Å². The molecule has 1 atom stereocenters. The number of ether oxygens (including phenoxy) is 1. The zero-order valence-electron chi connectivity index (χ0n) is 18.7. The van der Waals surface area contributed by atoms with Gasteiger partial charge in [0.05, 0.1) is 12.2 Å². The lowest BCUT2D eigenvalue weighted by Crippen LogP contribution is -2.52. The van der Waals surface area contributed by atoms with Gasteiger partial charge >= 0.3 is 0 Å². The second-order valence-corrected chi connectivity index (χ2v) is 9.00. The van der Waals surface area contributed by atoms with Crippen LogP contribution in [-0.2, 0) is 16.1 Å². The Morgan fingerprint density at radius 3 is 2.55 bits per heavy atom. The Morgan fingerprint density at radius 1 is 0.939 bits per heavy atom. The molecule has 0 radical (unpaired) electrons. The van der Waals surface area contributed by atoms with Gasteiger partial charge in [-0.1, -0.05) is 24.3 Å². The molecule has 3 aliphatic rings. The number of piperidine rings is 1. The van der Waals surface area contributed by atoms with Gasteiger partial charge in [-0.25, -0.2) is 0 Å². The summed E-state index contributed by atoms with van der Waals surface area (Å²) in [6.45, 7) is 2.93. The fourth-order valence-corrected chi connectivity index (χ4v) is 4.92. The van der Waals surface area contributed by atoms with E-state index in [2.05, 4.69) is 0 Å². The molecule has 2 aromatic carbocycles. The first-order valence-electron chi connectivity index (χ1n) is 11.8. The number of likely N-dealkylation sites (tertiary alicyclic amines) is 2. The van der Waals surface area contributed by atoms with Crippen molar-refractivity contribution < 1.29 is 19.1 Å². The highest BCUT2D eigenvalue weighted by molar-refractivity contribution is 6.08. The Hall–Kier alpha value is -3.35. The SMILES string of the molecule is O=C1CCCN1Cc1cccc(C(=O)N2C[C@@H](C(=O)N3CCCCC3)Oc3ccccc32)c1. The molecule has 7 heteroatoms. The van der Waals surface area contributed by atoms with Gasteiger partial charge in [0.15, 0.2) is 6.10 Å². The Balaban J connectivity index is 1.39. The molecule has 2 saturated heterocycles. The molecular formula is C26H29N3O4. The van der Waals surface area contributed by atoms with Crippen molar-refractivity contribution in [2.24, 2.45) is 0 Å². The molecule has 172 valence electrons. The molecule has 2 fully saturated rings. The van der Waals surface area contributed by atoms with Crippen LogP contribution in [0.5, 0.6) is 5.75 Å². The Kier molecular flexibility index (Phi) is 6.03. The highest BCUT2D eigenvalue weighted by Gasteiger charge is 2.36. The third-order valence-corrected chi connectivity index (χ3v) is 6.68. The van der Waals surface area contributed by atoms with E-state index in [0.717, 1.165) is 50.9 Å². The summed E-state index contributed by atoms with van der Waals surface area (Å²) in [6.07, 6.45) is 3.91. The van der Waals surface area contributed by atoms with E-state index in [9.17, 15) is 14.4 Å². The molecule has 0 unspecified atom stereocenters. The maximum Gasteiger partial charge on any atom is 0.265 e. The summed E-state index contributed by atoms with van der Waals surface area (Å²) in [5.41, 5.74) is 2.14. The number of para-hydroxylation sites is 2. The van der Waals surface area contributed by atoms with Gasteiger partial charge in [-0.05, 0) is 55.5 Å². The number of hydrogen-bond donors (Lipinski definition) is 0. The number of fused-ring (bicyclic) bond motifs is 1. The summed E-state index contributed by atoms with van der Waals surface area (Å²) >= 11 is 0. The predicted octanol–water partition coefficient (Wildman–Crippen LogP) is 3.23. The third kappa shape index (κ3) is 4.45. The van der Waals surface area contributed by atoms with Crippen molar-refractivity contribution in [1.29, 1.82) is 0 Å². The summed E-state index contributed by atoms with van der Waals surface area (Å²) in [5.74, 6) is 0.485.